The quantitative estimate of drug-likeness (QED) is 0.835. The van der Waals surface area contributed by atoms with Crippen molar-refractivity contribution in [2.75, 3.05) is 5.73 Å². The van der Waals surface area contributed by atoms with Crippen molar-refractivity contribution in [1.82, 2.24) is 4.72 Å². The lowest BCUT2D eigenvalue weighted by Crippen LogP contribution is -2.34. The maximum absolute atomic E-state index is 12.1. The SMILES string of the molecule is CC(NS(=O)(=O)c1ccc(Br)cc1N)C1CC1. The summed E-state index contributed by atoms with van der Waals surface area (Å²) in [6.45, 7) is 1.89. The van der Waals surface area contributed by atoms with Gasteiger partial charge in [-0.3, -0.25) is 0 Å². The molecule has 0 radical (unpaired) electrons. The second-order valence-electron chi connectivity index (χ2n) is 4.43. The van der Waals surface area contributed by atoms with Crippen LogP contribution in [-0.4, -0.2) is 14.5 Å². The fraction of sp³-hybridized carbons (Fsp3) is 0.455. The van der Waals surface area contributed by atoms with Crippen molar-refractivity contribution in [1.29, 1.82) is 0 Å². The first-order valence-corrected chi connectivity index (χ1v) is 7.75. The molecular weight excluding hydrogens is 304 g/mol. The zero-order valence-electron chi connectivity index (χ0n) is 9.48. The minimum Gasteiger partial charge on any atom is -0.398 e. The van der Waals surface area contributed by atoms with Gasteiger partial charge in [-0.2, -0.15) is 0 Å². The van der Waals surface area contributed by atoms with Gasteiger partial charge in [-0.05, 0) is 43.9 Å². The smallest absolute Gasteiger partial charge is 0.242 e. The van der Waals surface area contributed by atoms with Gasteiger partial charge < -0.3 is 5.73 Å². The Morgan fingerprint density at radius 2 is 2.12 bits per heavy atom. The Morgan fingerprint density at radius 3 is 2.65 bits per heavy atom. The van der Waals surface area contributed by atoms with E-state index in [0.717, 1.165) is 17.3 Å². The van der Waals surface area contributed by atoms with E-state index in [1.165, 1.54) is 6.07 Å². The predicted octanol–water partition coefficient (Wildman–Crippen LogP) is 2.11. The van der Waals surface area contributed by atoms with E-state index < -0.39 is 10.0 Å². The van der Waals surface area contributed by atoms with E-state index in [0.29, 0.717) is 5.92 Å². The van der Waals surface area contributed by atoms with Crippen molar-refractivity contribution >= 4 is 31.6 Å². The van der Waals surface area contributed by atoms with Gasteiger partial charge in [-0.15, -0.1) is 0 Å². The normalized spacial score (nSPS) is 18.0. The summed E-state index contributed by atoms with van der Waals surface area (Å²) in [6, 6.07) is 4.76. The summed E-state index contributed by atoms with van der Waals surface area (Å²) in [5, 5.41) is 0. The lowest BCUT2D eigenvalue weighted by Gasteiger charge is -2.14. The summed E-state index contributed by atoms with van der Waals surface area (Å²) in [7, 11) is -3.51. The molecule has 0 heterocycles. The molecule has 0 spiro atoms. The summed E-state index contributed by atoms with van der Waals surface area (Å²) in [4.78, 5) is 0.146. The van der Waals surface area contributed by atoms with Crippen molar-refractivity contribution < 1.29 is 8.42 Å². The van der Waals surface area contributed by atoms with Gasteiger partial charge >= 0.3 is 0 Å². The van der Waals surface area contributed by atoms with Crippen LogP contribution in [0.5, 0.6) is 0 Å². The Kier molecular flexibility index (Phi) is 3.47. The summed E-state index contributed by atoms with van der Waals surface area (Å²) < 4.78 is 27.6. The molecule has 3 N–H and O–H groups in total. The number of rotatable bonds is 4. The molecule has 1 aliphatic rings. The molecule has 17 heavy (non-hydrogen) atoms. The minimum atomic E-state index is -3.51. The number of nitrogens with two attached hydrogens (primary N) is 1. The molecule has 0 amide bonds. The fourth-order valence-corrected chi connectivity index (χ4v) is 3.57. The topological polar surface area (TPSA) is 72.2 Å². The molecule has 1 unspecified atom stereocenters. The van der Waals surface area contributed by atoms with Gasteiger partial charge in [0.1, 0.15) is 4.90 Å². The van der Waals surface area contributed by atoms with Gasteiger partial charge in [0.15, 0.2) is 0 Å². The number of nitrogens with one attached hydrogen (secondary N) is 1. The van der Waals surface area contributed by atoms with Gasteiger partial charge in [-0.1, -0.05) is 15.9 Å². The molecule has 6 heteroatoms. The first kappa shape index (κ1) is 12.9. The monoisotopic (exact) mass is 318 g/mol. The zero-order valence-corrected chi connectivity index (χ0v) is 11.9. The van der Waals surface area contributed by atoms with Crippen molar-refractivity contribution in [3.63, 3.8) is 0 Å². The van der Waals surface area contributed by atoms with Gasteiger partial charge in [0, 0.05) is 10.5 Å². The van der Waals surface area contributed by atoms with Crippen LogP contribution in [0.1, 0.15) is 19.8 Å². The van der Waals surface area contributed by atoms with E-state index in [2.05, 4.69) is 20.7 Å². The highest BCUT2D eigenvalue weighted by Crippen LogP contribution is 2.33. The number of halogens is 1. The highest BCUT2D eigenvalue weighted by molar-refractivity contribution is 9.10. The summed E-state index contributed by atoms with van der Waals surface area (Å²) in [5.74, 6) is 0.474. The highest BCUT2D eigenvalue weighted by Gasteiger charge is 2.31. The number of hydrogen-bond donors (Lipinski definition) is 2. The van der Waals surface area contributed by atoms with E-state index in [1.54, 1.807) is 12.1 Å². The lowest BCUT2D eigenvalue weighted by molar-refractivity contribution is 0.538. The second kappa shape index (κ2) is 4.59. The van der Waals surface area contributed by atoms with Gasteiger partial charge in [-0.25, -0.2) is 13.1 Å². The van der Waals surface area contributed by atoms with Crippen LogP contribution in [0, 0.1) is 5.92 Å². The third-order valence-corrected chi connectivity index (χ3v) is 5.06. The summed E-state index contributed by atoms with van der Waals surface area (Å²) in [5.41, 5.74) is 5.98. The van der Waals surface area contributed by atoms with Crippen LogP contribution < -0.4 is 10.5 Å². The molecule has 0 aliphatic heterocycles. The van der Waals surface area contributed by atoms with Gasteiger partial charge in [0.25, 0.3) is 0 Å². The van der Waals surface area contributed by atoms with Crippen molar-refractivity contribution in [3.05, 3.63) is 22.7 Å². The highest BCUT2D eigenvalue weighted by atomic mass is 79.9. The van der Waals surface area contributed by atoms with Crippen LogP contribution >= 0.6 is 15.9 Å². The Morgan fingerprint density at radius 1 is 1.47 bits per heavy atom. The van der Waals surface area contributed by atoms with Crippen LogP contribution in [0.3, 0.4) is 0 Å². The van der Waals surface area contributed by atoms with E-state index >= 15 is 0 Å². The molecule has 2 rings (SSSR count). The molecule has 1 atom stereocenters. The average Bonchev–Trinajstić information content (AvgIpc) is 2.98. The molecule has 4 nitrogen and oxygen atoms in total. The molecule has 1 aromatic carbocycles. The number of nitrogen functional groups attached to an aromatic ring is 1. The first-order chi connectivity index (χ1) is 7.90. The molecule has 94 valence electrons. The van der Waals surface area contributed by atoms with E-state index in [1.807, 2.05) is 6.92 Å². The largest absolute Gasteiger partial charge is 0.398 e. The Labute approximate surface area is 110 Å². The Balaban J connectivity index is 2.24. The number of hydrogen-bond acceptors (Lipinski definition) is 3. The van der Waals surface area contributed by atoms with E-state index in [4.69, 9.17) is 5.73 Å². The summed E-state index contributed by atoms with van der Waals surface area (Å²) >= 11 is 3.25. The average molecular weight is 319 g/mol. The first-order valence-electron chi connectivity index (χ1n) is 5.47. The number of benzene rings is 1. The van der Waals surface area contributed by atoms with E-state index in [-0.39, 0.29) is 16.6 Å². The Hall–Kier alpha value is -0.590. The third kappa shape index (κ3) is 3.00. The molecule has 1 saturated carbocycles. The van der Waals surface area contributed by atoms with Crippen molar-refractivity contribution in [2.24, 2.45) is 5.92 Å². The molecule has 1 fully saturated rings. The van der Waals surface area contributed by atoms with Gasteiger partial charge in [0.05, 0.1) is 5.69 Å². The van der Waals surface area contributed by atoms with Crippen LogP contribution in [0.2, 0.25) is 0 Å². The molecule has 1 aliphatic carbocycles. The summed E-state index contributed by atoms with van der Waals surface area (Å²) in [6.07, 6.45) is 2.19. The van der Waals surface area contributed by atoms with Crippen LogP contribution in [0.4, 0.5) is 5.69 Å². The molecular formula is C11H15BrN2O2S. The minimum absolute atomic E-state index is 0.0250. The van der Waals surface area contributed by atoms with Crippen LogP contribution in [-0.2, 0) is 10.0 Å². The fourth-order valence-electron chi connectivity index (χ4n) is 1.76. The number of sulfonamides is 1. The molecule has 0 saturated heterocycles. The van der Waals surface area contributed by atoms with Crippen LogP contribution in [0.15, 0.2) is 27.6 Å². The van der Waals surface area contributed by atoms with Gasteiger partial charge in [0.2, 0.25) is 10.0 Å². The standard InChI is InChI=1S/C11H15BrN2O2S/c1-7(8-2-3-8)14-17(15,16)11-5-4-9(12)6-10(11)13/h4-8,14H,2-3,13H2,1H3. The number of anilines is 1. The predicted molar refractivity (Wildman–Crippen MR) is 71.1 cm³/mol. The maximum Gasteiger partial charge on any atom is 0.242 e. The van der Waals surface area contributed by atoms with Crippen LogP contribution in [0.25, 0.3) is 0 Å². The molecule has 0 bridgehead atoms. The molecule has 1 aromatic rings. The Bertz CT molecular complexity index is 526. The van der Waals surface area contributed by atoms with E-state index in [9.17, 15) is 8.42 Å². The third-order valence-electron chi connectivity index (χ3n) is 2.93. The van der Waals surface area contributed by atoms with Crippen molar-refractivity contribution in [2.45, 2.75) is 30.7 Å². The second-order valence-corrected chi connectivity index (χ2v) is 7.03. The maximum atomic E-state index is 12.1. The van der Waals surface area contributed by atoms with Crippen molar-refractivity contribution in [3.8, 4) is 0 Å². The lowest BCUT2D eigenvalue weighted by atomic mass is 10.2. The molecule has 0 aromatic heterocycles. The zero-order chi connectivity index (χ0) is 12.6.